The molecular formula is C12H13B. The highest BCUT2D eigenvalue weighted by atomic mass is 13.9. The predicted octanol–water partition coefficient (Wildman–Crippen LogP) is 2.36. The number of benzene rings is 1. The Morgan fingerprint density at radius 1 is 1.15 bits per heavy atom. The van der Waals surface area contributed by atoms with Gasteiger partial charge in [0.1, 0.15) is 0 Å². The van der Waals surface area contributed by atoms with E-state index in [0.29, 0.717) is 6.71 Å². The molecule has 0 fully saturated rings. The standard InChI is InChI=1S/C12H13B/c1-11-7-3-4-8-12(11)13-9-5-2-6-10-13/h2-9H,10H2,1H3. The van der Waals surface area contributed by atoms with Crippen molar-refractivity contribution in [2.45, 2.75) is 13.2 Å². The summed E-state index contributed by atoms with van der Waals surface area (Å²) >= 11 is 0. The normalized spacial score (nSPS) is 15.0. The van der Waals surface area contributed by atoms with Gasteiger partial charge in [0.15, 0.2) is 0 Å². The zero-order valence-electron chi connectivity index (χ0n) is 7.90. The summed E-state index contributed by atoms with van der Waals surface area (Å²) in [6, 6.07) is 8.63. The quantitative estimate of drug-likeness (QED) is 0.564. The van der Waals surface area contributed by atoms with Crippen LogP contribution in [0.2, 0.25) is 6.32 Å². The molecule has 1 heterocycles. The molecule has 1 aromatic carbocycles. The molecule has 1 heteroatoms. The molecule has 0 atom stereocenters. The lowest BCUT2D eigenvalue weighted by Gasteiger charge is -2.12. The van der Waals surface area contributed by atoms with Crippen molar-refractivity contribution in [3.05, 3.63) is 54.0 Å². The maximum absolute atomic E-state index is 2.28. The Morgan fingerprint density at radius 3 is 2.69 bits per heavy atom. The molecular weight excluding hydrogens is 155 g/mol. The van der Waals surface area contributed by atoms with E-state index in [-0.39, 0.29) is 0 Å². The molecule has 64 valence electrons. The Morgan fingerprint density at radius 2 is 2.00 bits per heavy atom. The second-order valence-corrected chi connectivity index (χ2v) is 3.51. The number of hydrogen-bond donors (Lipinski definition) is 0. The van der Waals surface area contributed by atoms with Crippen LogP contribution in [0.4, 0.5) is 0 Å². The third-order valence-corrected chi connectivity index (χ3v) is 2.57. The second kappa shape index (κ2) is 3.65. The van der Waals surface area contributed by atoms with Gasteiger partial charge in [0.2, 0.25) is 6.71 Å². The Kier molecular flexibility index (Phi) is 2.35. The fourth-order valence-corrected chi connectivity index (χ4v) is 1.81. The average Bonchev–Trinajstić information content (AvgIpc) is 2.20. The first-order valence-electron chi connectivity index (χ1n) is 4.77. The summed E-state index contributed by atoms with van der Waals surface area (Å²) in [6.07, 6.45) is 7.63. The summed E-state index contributed by atoms with van der Waals surface area (Å²) < 4.78 is 0. The van der Waals surface area contributed by atoms with E-state index >= 15 is 0 Å². The number of hydrogen-bond acceptors (Lipinski definition) is 0. The molecule has 0 N–H and O–H groups in total. The fourth-order valence-electron chi connectivity index (χ4n) is 1.81. The molecule has 0 saturated carbocycles. The maximum atomic E-state index is 2.28. The molecule has 0 saturated heterocycles. The summed E-state index contributed by atoms with van der Waals surface area (Å²) in [5, 5.41) is 0. The third kappa shape index (κ3) is 1.75. The highest BCUT2D eigenvalue weighted by Gasteiger charge is 2.13. The van der Waals surface area contributed by atoms with Crippen LogP contribution in [-0.2, 0) is 0 Å². The molecule has 0 bridgehead atoms. The number of allylic oxidation sites excluding steroid dienone is 3. The van der Waals surface area contributed by atoms with E-state index in [4.69, 9.17) is 0 Å². The van der Waals surface area contributed by atoms with Crippen LogP contribution in [0.5, 0.6) is 0 Å². The first-order valence-corrected chi connectivity index (χ1v) is 4.77. The molecule has 0 aliphatic carbocycles. The van der Waals surface area contributed by atoms with E-state index in [0.717, 1.165) is 6.32 Å². The van der Waals surface area contributed by atoms with Crippen molar-refractivity contribution in [2.24, 2.45) is 0 Å². The topological polar surface area (TPSA) is 0 Å². The summed E-state index contributed by atoms with van der Waals surface area (Å²) in [5.74, 6) is 2.28. The Balaban J connectivity index is 2.30. The van der Waals surface area contributed by atoms with Gasteiger partial charge in [-0.15, -0.1) is 5.98 Å². The second-order valence-electron chi connectivity index (χ2n) is 3.51. The van der Waals surface area contributed by atoms with Crippen LogP contribution in [0.15, 0.2) is 48.5 Å². The van der Waals surface area contributed by atoms with Crippen LogP contribution in [0, 0.1) is 6.92 Å². The first-order chi connectivity index (χ1) is 6.38. The van der Waals surface area contributed by atoms with Crippen LogP contribution in [0.1, 0.15) is 5.56 Å². The van der Waals surface area contributed by atoms with Gasteiger partial charge in [-0.1, -0.05) is 53.5 Å². The molecule has 0 aromatic heterocycles. The number of rotatable bonds is 1. The van der Waals surface area contributed by atoms with Gasteiger partial charge in [-0.05, 0) is 13.2 Å². The van der Waals surface area contributed by atoms with Crippen LogP contribution in [-0.4, -0.2) is 6.71 Å². The van der Waals surface area contributed by atoms with E-state index in [2.05, 4.69) is 55.4 Å². The van der Waals surface area contributed by atoms with Gasteiger partial charge in [0, 0.05) is 0 Å². The number of aryl methyl sites for hydroxylation is 1. The molecule has 1 aliphatic rings. The van der Waals surface area contributed by atoms with Gasteiger partial charge in [-0.2, -0.15) is 0 Å². The molecule has 2 rings (SSSR count). The molecule has 0 amide bonds. The van der Waals surface area contributed by atoms with Gasteiger partial charge in [0.05, 0.1) is 0 Å². The first kappa shape index (κ1) is 8.37. The van der Waals surface area contributed by atoms with Gasteiger partial charge in [-0.25, -0.2) is 0 Å². The van der Waals surface area contributed by atoms with Crippen LogP contribution in [0.3, 0.4) is 0 Å². The third-order valence-electron chi connectivity index (χ3n) is 2.57. The molecule has 0 spiro atoms. The van der Waals surface area contributed by atoms with E-state index in [1.54, 1.807) is 0 Å². The zero-order valence-corrected chi connectivity index (χ0v) is 7.90. The highest BCUT2D eigenvalue weighted by molar-refractivity contribution is 6.78. The fraction of sp³-hybridized carbons (Fsp3) is 0.167. The minimum absolute atomic E-state index is 0.589. The molecule has 13 heavy (non-hydrogen) atoms. The molecule has 0 nitrogen and oxygen atoms in total. The summed E-state index contributed by atoms with van der Waals surface area (Å²) in [4.78, 5) is 0. The minimum Gasteiger partial charge on any atom is -0.110 e. The monoisotopic (exact) mass is 168 g/mol. The van der Waals surface area contributed by atoms with E-state index in [1.807, 2.05) is 0 Å². The van der Waals surface area contributed by atoms with Crippen LogP contribution >= 0.6 is 0 Å². The van der Waals surface area contributed by atoms with Crippen molar-refractivity contribution in [1.29, 1.82) is 0 Å². The van der Waals surface area contributed by atoms with Gasteiger partial charge < -0.3 is 0 Å². The smallest absolute Gasteiger partial charge is 0.110 e. The molecule has 0 unspecified atom stereocenters. The molecule has 1 aliphatic heterocycles. The minimum atomic E-state index is 0.589. The largest absolute Gasteiger partial charge is 0.205 e. The van der Waals surface area contributed by atoms with Crippen LogP contribution in [0.25, 0.3) is 0 Å². The van der Waals surface area contributed by atoms with Crippen LogP contribution < -0.4 is 5.46 Å². The Hall–Kier alpha value is -1.24. The van der Waals surface area contributed by atoms with Crippen molar-refractivity contribution in [1.82, 2.24) is 0 Å². The predicted molar refractivity (Wildman–Crippen MR) is 59.7 cm³/mol. The van der Waals surface area contributed by atoms with E-state index in [9.17, 15) is 0 Å². The lowest BCUT2D eigenvalue weighted by molar-refractivity contribution is 1.49. The summed E-state index contributed by atoms with van der Waals surface area (Å²) in [6.45, 7) is 2.77. The Labute approximate surface area is 80.1 Å². The summed E-state index contributed by atoms with van der Waals surface area (Å²) in [7, 11) is 0. The SMILES string of the molecule is Cc1ccccc1B1C=CC=CC1. The van der Waals surface area contributed by atoms with Crippen molar-refractivity contribution in [3.8, 4) is 0 Å². The van der Waals surface area contributed by atoms with Crippen molar-refractivity contribution in [2.75, 3.05) is 0 Å². The lowest BCUT2D eigenvalue weighted by Crippen LogP contribution is -2.30. The van der Waals surface area contributed by atoms with Crippen molar-refractivity contribution in [3.63, 3.8) is 0 Å². The maximum Gasteiger partial charge on any atom is 0.205 e. The van der Waals surface area contributed by atoms with Crippen molar-refractivity contribution >= 4 is 12.2 Å². The van der Waals surface area contributed by atoms with Crippen molar-refractivity contribution < 1.29 is 0 Å². The van der Waals surface area contributed by atoms with Gasteiger partial charge in [-0.3, -0.25) is 0 Å². The van der Waals surface area contributed by atoms with Gasteiger partial charge >= 0.3 is 0 Å². The highest BCUT2D eigenvalue weighted by Crippen LogP contribution is 2.06. The summed E-state index contributed by atoms with van der Waals surface area (Å²) in [5.41, 5.74) is 2.86. The lowest BCUT2D eigenvalue weighted by atomic mass is 9.41. The van der Waals surface area contributed by atoms with E-state index < -0.39 is 0 Å². The van der Waals surface area contributed by atoms with E-state index in [1.165, 1.54) is 11.0 Å². The van der Waals surface area contributed by atoms with Gasteiger partial charge in [0.25, 0.3) is 0 Å². The zero-order chi connectivity index (χ0) is 9.10. The average molecular weight is 168 g/mol. The molecule has 0 radical (unpaired) electrons. The molecule has 1 aromatic rings. The Bertz CT molecular complexity index is 350.